The number of amides is 2. The number of phenols is 1. The van der Waals surface area contributed by atoms with Crippen molar-refractivity contribution in [1.82, 2.24) is 10.9 Å². The van der Waals surface area contributed by atoms with Crippen molar-refractivity contribution in [2.75, 3.05) is 6.61 Å². The average Bonchev–Trinajstić information content (AvgIpc) is 2.64. The third kappa shape index (κ3) is 5.94. The second-order valence-corrected chi connectivity index (χ2v) is 5.58. The van der Waals surface area contributed by atoms with Crippen LogP contribution < -0.4 is 15.6 Å². The van der Waals surface area contributed by atoms with Gasteiger partial charge in [-0.2, -0.15) is 0 Å². The van der Waals surface area contributed by atoms with Crippen LogP contribution >= 0.6 is 0 Å². The number of hydrogen-bond donors (Lipinski definition) is 3. The maximum atomic E-state index is 11.8. The maximum absolute atomic E-state index is 11.8. The summed E-state index contributed by atoms with van der Waals surface area (Å²) in [6.45, 7) is 1.83. The third-order valence-electron chi connectivity index (χ3n) is 3.52. The molecule has 2 aromatic rings. The maximum Gasteiger partial charge on any atom is 0.269 e. The molecule has 0 spiro atoms. The van der Waals surface area contributed by atoms with E-state index < -0.39 is 5.91 Å². The molecule has 0 aliphatic rings. The number of aromatic hydroxyl groups is 1. The second-order valence-electron chi connectivity index (χ2n) is 5.58. The van der Waals surface area contributed by atoms with Gasteiger partial charge >= 0.3 is 0 Å². The predicted molar refractivity (Wildman–Crippen MR) is 94.9 cm³/mol. The summed E-state index contributed by atoms with van der Waals surface area (Å²) in [6.07, 6.45) is 0.650. The van der Waals surface area contributed by atoms with E-state index in [1.54, 1.807) is 24.3 Å². The van der Waals surface area contributed by atoms with Crippen LogP contribution in [0.3, 0.4) is 0 Å². The molecule has 0 aliphatic carbocycles. The molecule has 0 saturated heterocycles. The summed E-state index contributed by atoms with van der Waals surface area (Å²) in [6, 6.07) is 12.4. The first-order chi connectivity index (χ1) is 12.5. The summed E-state index contributed by atoms with van der Waals surface area (Å²) in [4.78, 5) is 34.7. The zero-order valence-corrected chi connectivity index (χ0v) is 14.3. The highest BCUT2D eigenvalue weighted by Gasteiger charge is 2.07. The molecule has 3 N–H and O–H groups in total. The number of ether oxygens (including phenoxy) is 1. The van der Waals surface area contributed by atoms with Crippen LogP contribution in [0.5, 0.6) is 11.5 Å². The van der Waals surface area contributed by atoms with Crippen LogP contribution in [0.1, 0.15) is 40.5 Å². The molecular formula is C19H20N2O5. The lowest BCUT2D eigenvalue weighted by atomic mass is 10.1. The molecule has 0 saturated carbocycles. The minimum atomic E-state index is -0.472. The number of ketones is 1. The molecule has 0 radical (unpaired) electrons. The summed E-state index contributed by atoms with van der Waals surface area (Å²) in [7, 11) is 0. The lowest BCUT2D eigenvalue weighted by Gasteiger charge is -2.08. The normalized spacial score (nSPS) is 10.0. The fourth-order valence-electron chi connectivity index (χ4n) is 2.08. The number of benzene rings is 2. The van der Waals surface area contributed by atoms with Crippen molar-refractivity contribution < 1.29 is 24.2 Å². The van der Waals surface area contributed by atoms with E-state index in [2.05, 4.69) is 10.9 Å². The highest BCUT2D eigenvalue weighted by atomic mass is 16.5. The van der Waals surface area contributed by atoms with Gasteiger partial charge in [0, 0.05) is 17.5 Å². The topological polar surface area (TPSA) is 105 Å². The number of hydrogen-bond acceptors (Lipinski definition) is 5. The van der Waals surface area contributed by atoms with E-state index in [9.17, 15) is 14.4 Å². The Bertz CT molecular complexity index is 770. The van der Waals surface area contributed by atoms with Crippen molar-refractivity contribution in [1.29, 1.82) is 0 Å². The Balaban J connectivity index is 1.65. The van der Waals surface area contributed by atoms with E-state index in [1.807, 2.05) is 0 Å². The van der Waals surface area contributed by atoms with Crippen molar-refractivity contribution in [3.63, 3.8) is 0 Å². The number of rotatable bonds is 7. The molecule has 0 fully saturated rings. The number of carbonyl (C=O) groups is 3. The highest BCUT2D eigenvalue weighted by molar-refractivity contribution is 5.95. The number of nitrogens with one attached hydrogen (secondary N) is 2. The fraction of sp³-hybridized carbons (Fsp3) is 0.211. The predicted octanol–water partition coefficient (Wildman–Crippen LogP) is 2.21. The largest absolute Gasteiger partial charge is 0.508 e. The molecule has 2 rings (SSSR count). The molecule has 0 aromatic heterocycles. The summed E-state index contributed by atoms with van der Waals surface area (Å²) >= 11 is 0. The zero-order chi connectivity index (χ0) is 18.9. The zero-order valence-electron chi connectivity index (χ0n) is 14.3. The molecule has 0 heterocycles. The minimum absolute atomic E-state index is 0.0115. The molecule has 2 amide bonds. The SMILES string of the molecule is CC(=O)c1ccc(OCCCC(=O)NNC(=O)c2ccc(O)cc2)cc1. The Kier molecular flexibility index (Phi) is 6.73. The van der Waals surface area contributed by atoms with E-state index >= 15 is 0 Å². The first-order valence-corrected chi connectivity index (χ1v) is 8.08. The molecular weight excluding hydrogens is 336 g/mol. The number of phenolic OH excluding ortho intramolecular Hbond substituents is 1. The van der Waals surface area contributed by atoms with Crippen LogP contribution in [0.15, 0.2) is 48.5 Å². The Morgan fingerprint density at radius 1 is 0.923 bits per heavy atom. The molecule has 0 bridgehead atoms. The van der Waals surface area contributed by atoms with Gasteiger partial charge in [0.25, 0.3) is 5.91 Å². The summed E-state index contributed by atoms with van der Waals surface area (Å²) in [5.74, 6) is -0.145. The minimum Gasteiger partial charge on any atom is -0.508 e. The second kappa shape index (κ2) is 9.22. The number of hydrazine groups is 1. The van der Waals surface area contributed by atoms with Gasteiger partial charge in [-0.15, -0.1) is 0 Å². The Morgan fingerprint density at radius 3 is 2.15 bits per heavy atom. The van der Waals surface area contributed by atoms with Crippen LogP contribution in [0, 0.1) is 0 Å². The van der Waals surface area contributed by atoms with Gasteiger partial charge < -0.3 is 9.84 Å². The van der Waals surface area contributed by atoms with Crippen LogP contribution in [0.25, 0.3) is 0 Å². The van der Waals surface area contributed by atoms with Gasteiger partial charge in [0.05, 0.1) is 6.61 Å². The van der Waals surface area contributed by atoms with E-state index in [4.69, 9.17) is 9.84 Å². The van der Waals surface area contributed by atoms with E-state index in [0.717, 1.165) is 0 Å². The van der Waals surface area contributed by atoms with Gasteiger partial charge in [-0.3, -0.25) is 25.2 Å². The molecule has 0 unspecified atom stereocenters. The van der Waals surface area contributed by atoms with Gasteiger partial charge in [-0.05, 0) is 61.9 Å². The van der Waals surface area contributed by atoms with Crippen LogP contribution in [0.4, 0.5) is 0 Å². The third-order valence-corrected chi connectivity index (χ3v) is 3.52. The Morgan fingerprint density at radius 2 is 1.54 bits per heavy atom. The van der Waals surface area contributed by atoms with Crippen molar-refractivity contribution >= 4 is 17.6 Å². The molecule has 0 aliphatic heterocycles. The first-order valence-electron chi connectivity index (χ1n) is 8.08. The fourth-order valence-corrected chi connectivity index (χ4v) is 2.08. The summed E-state index contributed by atoms with van der Waals surface area (Å²) in [5, 5.41) is 9.17. The molecule has 7 nitrogen and oxygen atoms in total. The number of carbonyl (C=O) groups excluding carboxylic acids is 3. The summed E-state index contributed by atoms with van der Waals surface area (Å²) < 4.78 is 5.49. The first kappa shape index (κ1) is 19.0. The van der Waals surface area contributed by atoms with Crippen molar-refractivity contribution in [2.24, 2.45) is 0 Å². The van der Waals surface area contributed by atoms with Gasteiger partial charge in [0.15, 0.2) is 5.78 Å². The summed E-state index contributed by atoms with van der Waals surface area (Å²) in [5.41, 5.74) is 5.55. The molecule has 2 aromatic carbocycles. The van der Waals surface area contributed by atoms with Gasteiger partial charge in [0.2, 0.25) is 5.91 Å². The van der Waals surface area contributed by atoms with Gasteiger partial charge in [-0.1, -0.05) is 0 Å². The lowest BCUT2D eigenvalue weighted by molar-refractivity contribution is -0.122. The molecule has 136 valence electrons. The Labute approximate surface area is 151 Å². The van der Waals surface area contributed by atoms with Crippen molar-refractivity contribution in [3.05, 3.63) is 59.7 Å². The van der Waals surface area contributed by atoms with Crippen LogP contribution in [-0.2, 0) is 4.79 Å². The highest BCUT2D eigenvalue weighted by Crippen LogP contribution is 2.13. The molecule has 0 atom stereocenters. The van der Waals surface area contributed by atoms with Gasteiger partial charge in [-0.25, -0.2) is 0 Å². The van der Waals surface area contributed by atoms with E-state index in [1.165, 1.54) is 31.2 Å². The smallest absolute Gasteiger partial charge is 0.269 e. The van der Waals surface area contributed by atoms with Crippen molar-refractivity contribution in [3.8, 4) is 11.5 Å². The van der Waals surface area contributed by atoms with E-state index in [0.29, 0.717) is 29.9 Å². The average molecular weight is 356 g/mol. The lowest BCUT2D eigenvalue weighted by Crippen LogP contribution is -2.41. The van der Waals surface area contributed by atoms with Crippen molar-refractivity contribution in [2.45, 2.75) is 19.8 Å². The quantitative estimate of drug-likeness (QED) is 0.401. The molecule has 7 heteroatoms. The van der Waals surface area contributed by atoms with Crippen LogP contribution in [0.2, 0.25) is 0 Å². The monoisotopic (exact) mass is 356 g/mol. The van der Waals surface area contributed by atoms with Gasteiger partial charge in [0.1, 0.15) is 11.5 Å². The van der Waals surface area contributed by atoms with E-state index in [-0.39, 0.29) is 23.9 Å². The number of Topliss-reactive ketones (excluding diaryl/α,β-unsaturated/α-hetero) is 1. The molecule has 26 heavy (non-hydrogen) atoms. The Hall–Kier alpha value is -3.35. The standard InChI is InChI=1S/C19H20N2O5/c1-13(22)14-6-10-17(11-7-14)26-12-2-3-18(24)20-21-19(25)15-4-8-16(23)9-5-15/h4-11,23H,2-3,12H2,1H3,(H,20,24)(H,21,25). The van der Waals surface area contributed by atoms with Crippen LogP contribution in [-0.4, -0.2) is 29.3 Å².